The first-order valence-electron chi connectivity index (χ1n) is 7.16. The number of amides is 1. The molecule has 116 valence electrons. The third-order valence-electron chi connectivity index (χ3n) is 3.65. The van der Waals surface area contributed by atoms with Gasteiger partial charge < -0.3 is 5.32 Å². The number of hydrogen-bond acceptors (Lipinski definition) is 2. The number of nitrogens with one attached hydrogen (secondary N) is 1. The van der Waals surface area contributed by atoms with Gasteiger partial charge in [0.05, 0.1) is 11.1 Å². The van der Waals surface area contributed by atoms with Gasteiger partial charge in [-0.1, -0.05) is 59.6 Å². The molecule has 0 radical (unpaired) electrons. The lowest BCUT2D eigenvalue weighted by atomic mass is 10.0. The van der Waals surface area contributed by atoms with Crippen LogP contribution in [0.2, 0.25) is 10.2 Å². The zero-order chi connectivity index (χ0) is 16.4. The maximum absolute atomic E-state index is 12.3. The molecule has 0 unspecified atom stereocenters. The summed E-state index contributed by atoms with van der Waals surface area (Å²) in [4.78, 5) is 16.3. The Hall–Kier alpha value is -2.10. The van der Waals surface area contributed by atoms with Crippen LogP contribution in [0.15, 0.2) is 54.6 Å². The molecule has 3 rings (SSSR count). The summed E-state index contributed by atoms with van der Waals surface area (Å²) >= 11 is 11.8. The Kier molecular flexibility index (Phi) is 4.51. The van der Waals surface area contributed by atoms with E-state index in [4.69, 9.17) is 23.2 Å². The number of hydrogen-bond donors (Lipinski definition) is 1. The molecule has 0 aliphatic heterocycles. The Morgan fingerprint density at radius 1 is 1.04 bits per heavy atom. The van der Waals surface area contributed by atoms with Gasteiger partial charge in [0.2, 0.25) is 0 Å². The molecule has 3 nitrogen and oxygen atoms in total. The van der Waals surface area contributed by atoms with Gasteiger partial charge in [-0.05, 0) is 41.5 Å². The Labute approximate surface area is 144 Å². The SMILES string of the molecule is C[C@@H](NC(=O)c1nc(Cl)ccc1Cl)c1ccc2ccccc2c1. The van der Waals surface area contributed by atoms with Crippen molar-refractivity contribution in [2.24, 2.45) is 0 Å². The van der Waals surface area contributed by atoms with E-state index in [0.29, 0.717) is 0 Å². The summed E-state index contributed by atoms with van der Waals surface area (Å²) in [6.07, 6.45) is 0. The van der Waals surface area contributed by atoms with Crippen molar-refractivity contribution in [2.75, 3.05) is 0 Å². The molecular weight excluding hydrogens is 331 g/mol. The van der Waals surface area contributed by atoms with Gasteiger partial charge in [-0.3, -0.25) is 4.79 Å². The smallest absolute Gasteiger partial charge is 0.271 e. The van der Waals surface area contributed by atoms with Crippen molar-refractivity contribution in [3.8, 4) is 0 Å². The Morgan fingerprint density at radius 3 is 2.57 bits per heavy atom. The van der Waals surface area contributed by atoms with Crippen molar-refractivity contribution >= 4 is 39.9 Å². The maximum Gasteiger partial charge on any atom is 0.271 e. The molecular formula is C18H14Cl2N2O. The molecule has 0 bridgehead atoms. The molecule has 23 heavy (non-hydrogen) atoms. The average molecular weight is 345 g/mol. The predicted molar refractivity (Wildman–Crippen MR) is 94.1 cm³/mol. The monoisotopic (exact) mass is 344 g/mol. The number of fused-ring (bicyclic) bond motifs is 1. The Balaban J connectivity index is 1.83. The summed E-state index contributed by atoms with van der Waals surface area (Å²) in [5, 5.41) is 5.70. The van der Waals surface area contributed by atoms with E-state index in [2.05, 4.69) is 22.4 Å². The highest BCUT2D eigenvalue weighted by Crippen LogP contribution is 2.22. The lowest BCUT2D eigenvalue weighted by molar-refractivity contribution is 0.0935. The first-order chi connectivity index (χ1) is 11.0. The van der Waals surface area contributed by atoms with Gasteiger partial charge >= 0.3 is 0 Å². The van der Waals surface area contributed by atoms with Crippen LogP contribution in [-0.4, -0.2) is 10.9 Å². The summed E-state index contributed by atoms with van der Waals surface area (Å²) in [7, 11) is 0. The lowest BCUT2D eigenvalue weighted by Gasteiger charge is -2.15. The van der Waals surface area contributed by atoms with Crippen molar-refractivity contribution in [3.05, 3.63) is 76.0 Å². The second-order valence-electron chi connectivity index (χ2n) is 5.27. The number of aromatic nitrogens is 1. The normalized spacial score (nSPS) is 12.1. The molecule has 2 aromatic carbocycles. The van der Waals surface area contributed by atoms with Gasteiger partial charge in [0.15, 0.2) is 0 Å². The van der Waals surface area contributed by atoms with Gasteiger partial charge in [-0.25, -0.2) is 4.98 Å². The van der Waals surface area contributed by atoms with E-state index in [1.807, 2.05) is 37.3 Å². The molecule has 0 aliphatic rings. The van der Waals surface area contributed by atoms with Crippen LogP contribution in [0.3, 0.4) is 0 Å². The fourth-order valence-electron chi connectivity index (χ4n) is 2.40. The fourth-order valence-corrected chi connectivity index (χ4v) is 2.74. The van der Waals surface area contributed by atoms with Crippen molar-refractivity contribution in [3.63, 3.8) is 0 Å². The number of pyridine rings is 1. The molecule has 1 atom stereocenters. The number of halogens is 2. The molecule has 0 fully saturated rings. The van der Waals surface area contributed by atoms with Crippen LogP contribution in [-0.2, 0) is 0 Å². The molecule has 0 saturated heterocycles. The first-order valence-corrected chi connectivity index (χ1v) is 7.92. The molecule has 1 aromatic heterocycles. The van der Waals surface area contributed by atoms with Crippen LogP contribution in [0, 0.1) is 0 Å². The fraction of sp³-hybridized carbons (Fsp3) is 0.111. The number of rotatable bonds is 3. The van der Waals surface area contributed by atoms with Gasteiger partial charge in [0.25, 0.3) is 5.91 Å². The van der Waals surface area contributed by atoms with Crippen molar-refractivity contribution in [1.82, 2.24) is 10.3 Å². The van der Waals surface area contributed by atoms with Crippen molar-refractivity contribution in [2.45, 2.75) is 13.0 Å². The van der Waals surface area contributed by atoms with Crippen LogP contribution in [0.1, 0.15) is 29.0 Å². The highest BCUT2D eigenvalue weighted by Gasteiger charge is 2.16. The zero-order valence-corrected chi connectivity index (χ0v) is 13.9. The van der Waals surface area contributed by atoms with E-state index in [1.165, 1.54) is 0 Å². The van der Waals surface area contributed by atoms with Crippen molar-refractivity contribution in [1.29, 1.82) is 0 Å². The molecule has 0 saturated carbocycles. The van der Waals surface area contributed by atoms with Crippen LogP contribution in [0.5, 0.6) is 0 Å². The predicted octanol–water partition coefficient (Wildman–Crippen LogP) is 5.03. The topological polar surface area (TPSA) is 42.0 Å². The van der Waals surface area contributed by atoms with Crippen LogP contribution < -0.4 is 5.32 Å². The molecule has 1 heterocycles. The van der Waals surface area contributed by atoms with Crippen LogP contribution in [0.4, 0.5) is 0 Å². The standard InChI is InChI=1S/C18H14Cl2N2O/c1-11(13-7-6-12-4-2-3-5-14(12)10-13)21-18(23)17-15(19)8-9-16(20)22-17/h2-11H,1H3,(H,21,23)/t11-/m1/s1. The molecule has 0 aliphatic carbocycles. The molecule has 3 aromatic rings. The zero-order valence-electron chi connectivity index (χ0n) is 12.4. The van der Waals surface area contributed by atoms with E-state index in [9.17, 15) is 4.79 Å². The average Bonchev–Trinajstić information content (AvgIpc) is 2.56. The van der Waals surface area contributed by atoms with Crippen molar-refractivity contribution < 1.29 is 4.79 Å². The summed E-state index contributed by atoms with van der Waals surface area (Å²) in [6.45, 7) is 1.92. The minimum absolute atomic E-state index is 0.131. The summed E-state index contributed by atoms with van der Waals surface area (Å²) < 4.78 is 0. The maximum atomic E-state index is 12.3. The minimum Gasteiger partial charge on any atom is -0.344 e. The van der Waals surface area contributed by atoms with E-state index >= 15 is 0 Å². The van der Waals surface area contributed by atoms with E-state index in [0.717, 1.165) is 16.3 Å². The highest BCUT2D eigenvalue weighted by molar-refractivity contribution is 6.34. The second kappa shape index (κ2) is 6.57. The quantitative estimate of drug-likeness (QED) is 0.676. The van der Waals surface area contributed by atoms with E-state index in [-0.39, 0.29) is 27.8 Å². The largest absolute Gasteiger partial charge is 0.344 e. The molecule has 1 N–H and O–H groups in total. The van der Waals surface area contributed by atoms with E-state index in [1.54, 1.807) is 12.1 Å². The van der Waals surface area contributed by atoms with E-state index < -0.39 is 0 Å². The summed E-state index contributed by atoms with van der Waals surface area (Å²) in [6, 6.07) is 17.1. The first kappa shape index (κ1) is 15.8. The molecule has 0 spiro atoms. The van der Waals surface area contributed by atoms with Gasteiger partial charge in [0.1, 0.15) is 10.8 Å². The second-order valence-corrected chi connectivity index (χ2v) is 6.06. The summed E-state index contributed by atoms with van der Waals surface area (Å²) in [5.41, 5.74) is 1.14. The number of carbonyl (C=O) groups excluding carboxylic acids is 1. The number of nitrogens with zero attached hydrogens (tertiary/aromatic N) is 1. The van der Waals surface area contributed by atoms with Crippen LogP contribution >= 0.6 is 23.2 Å². The van der Waals surface area contributed by atoms with Gasteiger partial charge in [0, 0.05) is 0 Å². The lowest BCUT2D eigenvalue weighted by Crippen LogP contribution is -2.27. The number of carbonyl (C=O) groups is 1. The molecule has 1 amide bonds. The summed E-state index contributed by atoms with van der Waals surface area (Å²) in [5.74, 6) is -0.349. The Bertz CT molecular complexity index is 880. The third-order valence-corrected chi connectivity index (χ3v) is 4.16. The number of benzene rings is 2. The van der Waals surface area contributed by atoms with Crippen LogP contribution in [0.25, 0.3) is 10.8 Å². The highest BCUT2D eigenvalue weighted by atomic mass is 35.5. The van der Waals surface area contributed by atoms with Gasteiger partial charge in [-0.15, -0.1) is 0 Å². The van der Waals surface area contributed by atoms with Gasteiger partial charge in [-0.2, -0.15) is 0 Å². The minimum atomic E-state index is -0.349. The molecule has 5 heteroatoms. The Morgan fingerprint density at radius 2 is 1.78 bits per heavy atom. The third kappa shape index (κ3) is 3.46.